The molecule has 0 aliphatic carbocycles. The topological polar surface area (TPSA) is 78.3 Å². The minimum absolute atomic E-state index is 0.260. The van der Waals surface area contributed by atoms with Crippen molar-refractivity contribution in [3.63, 3.8) is 0 Å². The molecule has 0 aromatic rings. The lowest BCUT2D eigenvalue weighted by atomic mass is 10.1. The minimum Gasteiger partial charge on any atom is -0.379 e. The summed E-state index contributed by atoms with van der Waals surface area (Å²) in [5.74, 6) is -0.347. The molecule has 66 valence electrons. The molecule has 0 unspecified atom stereocenters. The zero-order valence-corrected chi connectivity index (χ0v) is 7.09. The summed E-state index contributed by atoms with van der Waals surface area (Å²) >= 11 is 0. The fourth-order valence-corrected chi connectivity index (χ4v) is 0.508. The number of nitrogens with two attached hydrogens (primary N) is 2. The predicted octanol–water partition coefficient (Wildman–Crippen LogP) is -0.384. The summed E-state index contributed by atoms with van der Waals surface area (Å²) in [5, 5.41) is 0. The third kappa shape index (κ3) is 9.39. The molecular weight excluding hydrogens is 144 g/mol. The first-order valence-corrected chi connectivity index (χ1v) is 3.57. The van der Waals surface area contributed by atoms with Gasteiger partial charge in [-0.15, -0.1) is 0 Å². The zero-order valence-electron chi connectivity index (χ0n) is 7.09. The maximum absolute atomic E-state index is 10.2. The number of hydrogen-bond acceptors (Lipinski definition) is 3. The van der Waals surface area contributed by atoms with Crippen LogP contribution >= 0.6 is 0 Å². The molecule has 11 heavy (non-hydrogen) atoms. The lowest BCUT2D eigenvalue weighted by Gasteiger charge is -2.17. The molecule has 0 aromatic carbocycles. The molecule has 4 heteroatoms. The minimum atomic E-state index is -0.347. The van der Waals surface area contributed by atoms with Crippen LogP contribution in [0.1, 0.15) is 20.3 Å². The number of rotatable bonds is 5. The molecule has 0 aliphatic rings. The van der Waals surface area contributed by atoms with E-state index < -0.39 is 0 Å². The average molecular weight is 160 g/mol. The van der Waals surface area contributed by atoms with Gasteiger partial charge in [0.2, 0.25) is 5.91 Å². The summed E-state index contributed by atoms with van der Waals surface area (Å²) in [6.45, 7) is 4.52. The van der Waals surface area contributed by atoms with Crippen LogP contribution in [0.4, 0.5) is 0 Å². The molecule has 0 radical (unpaired) electrons. The average Bonchev–Trinajstić information content (AvgIpc) is 1.78. The Morgan fingerprint density at radius 2 is 2.09 bits per heavy atom. The molecule has 0 fully saturated rings. The first-order chi connectivity index (χ1) is 4.92. The first kappa shape index (κ1) is 10.4. The van der Waals surface area contributed by atoms with E-state index in [1.165, 1.54) is 0 Å². The summed E-state index contributed by atoms with van der Waals surface area (Å²) in [7, 11) is 0. The molecule has 0 bridgehead atoms. The Morgan fingerprint density at radius 1 is 1.55 bits per heavy atom. The second-order valence-corrected chi connectivity index (χ2v) is 3.26. The second-order valence-electron chi connectivity index (χ2n) is 3.26. The van der Waals surface area contributed by atoms with Crippen LogP contribution in [0.25, 0.3) is 0 Å². The Bertz CT molecular complexity index is 129. The van der Waals surface area contributed by atoms with Crippen molar-refractivity contribution in [2.75, 3.05) is 13.2 Å². The van der Waals surface area contributed by atoms with Crippen LogP contribution in [0.3, 0.4) is 0 Å². The lowest BCUT2D eigenvalue weighted by molar-refractivity contribution is -0.119. The van der Waals surface area contributed by atoms with Crippen molar-refractivity contribution in [3.05, 3.63) is 0 Å². The number of amides is 1. The normalized spacial score (nSPS) is 11.5. The van der Waals surface area contributed by atoms with E-state index in [0.717, 1.165) is 0 Å². The van der Waals surface area contributed by atoms with Crippen molar-refractivity contribution in [1.29, 1.82) is 0 Å². The van der Waals surface area contributed by atoms with E-state index >= 15 is 0 Å². The summed E-state index contributed by atoms with van der Waals surface area (Å²) in [6.07, 6.45) is 0.260. The predicted molar refractivity (Wildman–Crippen MR) is 42.9 cm³/mol. The van der Waals surface area contributed by atoms with Crippen LogP contribution in [0, 0.1) is 0 Å². The molecule has 4 nitrogen and oxygen atoms in total. The maximum atomic E-state index is 10.2. The second kappa shape index (κ2) is 4.31. The standard InChI is InChI=1S/C7H16N2O2/c1-7(2,9)5-11-4-3-6(8)10/h3-5,9H2,1-2H3,(H2,8,10). The lowest BCUT2D eigenvalue weighted by Crippen LogP contribution is -2.37. The molecule has 0 atom stereocenters. The van der Waals surface area contributed by atoms with Crippen molar-refractivity contribution in [3.8, 4) is 0 Å². The third-order valence-electron chi connectivity index (χ3n) is 0.967. The Hall–Kier alpha value is -0.610. The summed E-state index contributed by atoms with van der Waals surface area (Å²) in [6, 6.07) is 0. The van der Waals surface area contributed by atoms with Gasteiger partial charge in [0.1, 0.15) is 0 Å². The molecule has 0 heterocycles. The molecule has 4 N–H and O–H groups in total. The highest BCUT2D eigenvalue weighted by Gasteiger charge is 2.09. The quantitative estimate of drug-likeness (QED) is 0.538. The van der Waals surface area contributed by atoms with Crippen LogP contribution < -0.4 is 11.5 Å². The summed E-state index contributed by atoms with van der Waals surface area (Å²) in [4.78, 5) is 10.2. The fraction of sp³-hybridized carbons (Fsp3) is 0.857. The fourth-order valence-electron chi connectivity index (χ4n) is 0.508. The van der Waals surface area contributed by atoms with Gasteiger partial charge >= 0.3 is 0 Å². The highest BCUT2D eigenvalue weighted by atomic mass is 16.5. The van der Waals surface area contributed by atoms with E-state index in [-0.39, 0.29) is 17.9 Å². The van der Waals surface area contributed by atoms with E-state index in [0.29, 0.717) is 13.2 Å². The number of carbonyl (C=O) groups excluding carboxylic acids is 1. The maximum Gasteiger partial charge on any atom is 0.219 e. The molecule has 1 amide bonds. The van der Waals surface area contributed by atoms with E-state index in [1.54, 1.807) is 0 Å². The SMILES string of the molecule is CC(C)(N)COCCC(N)=O. The Balaban J connectivity index is 3.22. The van der Waals surface area contributed by atoms with Crippen molar-refractivity contribution in [2.24, 2.45) is 11.5 Å². The summed E-state index contributed by atoms with van der Waals surface area (Å²) in [5.41, 5.74) is 10.2. The number of hydrogen-bond donors (Lipinski definition) is 2. The van der Waals surface area contributed by atoms with Crippen LogP contribution in [0.15, 0.2) is 0 Å². The van der Waals surface area contributed by atoms with Crippen molar-refractivity contribution >= 4 is 5.91 Å². The van der Waals surface area contributed by atoms with Gasteiger partial charge in [0.25, 0.3) is 0 Å². The summed E-state index contributed by atoms with van der Waals surface area (Å²) < 4.78 is 5.08. The number of carbonyl (C=O) groups is 1. The van der Waals surface area contributed by atoms with Gasteiger partial charge in [-0.2, -0.15) is 0 Å². The van der Waals surface area contributed by atoms with Gasteiger partial charge < -0.3 is 16.2 Å². The van der Waals surface area contributed by atoms with E-state index in [1.807, 2.05) is 13.8 Å². The molecule has 0 spiro atoms. The highest BCUT2D eigenvalue weighted by Crippen LogP contribution is 1.96. The number of ether oxygens (including phenoxy) is 1. The molecule has 0 saturated carbocycles. The Labute approximate surface area is 66.9 Å². The van der Waals surface area contributed by atoms with Crippen LogP contribution in [0.2, 0.25) is 0 Å². The molecular formula is C7H16N2O2. The highest BCUT2D eigenvalue weighted by molar-refractivity contribution is 5.73. The van der Waals surface area contributed by atoms with Gasteiger partial charge in [0.05, 0.1) is 13.2 Å². The van der Waals surface area contributed by atoms with E-state index in [2.05, 4.69) is 0 Å². The van der Waals surface area contributed by atoms with Crippen LogP contribution in [-0.4, -0.2) is 24.7 Å². The number of primary amides is 1. The van der Waals surface area contributed by atoms with Gasteiger partial charge in [-0.3, -0.25) is 4.79 Å². The van der Waals surface area contributed by atoms with E-state index in [4.69, 9.17) is 16.2 Å². The van der Waals surface area contributed by atoms with Crippen molar-refractivity contribution < 1.29 is 9.53 Å². The van der Waals surface area contributed by atoms with Crippen molar-refractivity contribution in [2.45, 2.75) is 25.8 Å². The molecule has 0 aliphatic heterocycles. The third-order valence-corrected chi connectivity index (χ3v) is 0.967. The van der Waals surface area contributed by atoms with Crippen LogP contribution in [0.5, 0.6) is 0 Å². The first-order valence-electron chi connectivity index (χ1n) is 3.57. The van der Waals surface area contributed by atoms with Crippen molar-refractivity contribution in [1.82, 2.24) is 0 Å². The van der Waals surface area contributed by atoms with E-state index in [9.17, 15) is 4.79 Å². The Kier molecular flexibility index (Phi) is 4.07. The van der Waals surface area contributed by atoms with Crippen LogP contribution in [-0.2, 0) is 9.53 Å². The smallest absolute Gasteiger partial charge is 0.219 e. The molecule has 0 aromatic heterocycles. The van der Waals surface area contributed by atoms with Gasteiger partial charge in [-0.05, 0) is 13.8 Å². The molecule has 0 rings (SSSR count). The monoisotopic (exact) mass is 160 g/mol. The van der Waals surface area contributed by atoms with Gasteiger partial charge in [0, 0.05) is 12.0 Å². The zero-order chi connectivity index (χ0) is 8.91. The van der Waals surface area contributed by atoms with Gasteiger partial charge in [0.15, 0.2) is 0 Å². The Morgan fingerprint density at radius 3 is 2.45 bits per heavy atom. The van der Waals surface area contributed by atoms with Gasteiger partial charge in [-0.25, -0.2) is 0 Å². The molecule has 0 saturated heterocycles. The van der Waals surface area contributed by atoms with Gasteiger partial charge in [-0.1, -0.05) is 0 Å². The largest absolute Gasteiger partial charge is 0.379 e.